The molecule has 6 rings (SSSR count). The van der Waals surface area contributed by atoms with Gasteiger partial charge in [-0.1, -0.05) is 73.7 Å². The van der Waals surface area contributed by atoms with E-state index >= 15 is 0 Å². The molecule has 1 aliphatic heterocycles. The highest BCUT2D eigenvalue weighted by atomic mass is 16.7. The molecule has 1 spiro atoms. The molecule has 0 unspecified atom stereocenters. The van der Waals surface area contributed by atoms with Gasteiger partial charge in [0.05, 0.1) is 6.61 Å². The molecular weight excluding hydrogens is 308 g/mol. The lowest BCUT2D eigenvalue weighted by Crippen LogP contribution is -2.73. The summed E-state index contributed by atoms with van der Waals surface area (Å²) in [6.07, 6.45) is 4.64. The van der Waals surface area contributed by atoms with Crippen molar-refractivity contribution in [3.8, 4) is 0 Å². The molecule has 2 aromatic rings. The first-order chi connectivity index (χ1) is 12.1. The molecule has 1 heterocycles. The number of hydrogen-bond acceptors (Lipinski definition) is 2. The van der Waals surface area contributed by atoms with E-state index in [0.29, 0.717) is 5.92 Å². The quantitative estimate of drug-likeness (QED) is 0.717. The number of hydrogen-bond donors (Lipinski definition) is 0. The average Bonchev–Trinajstić information content (AvgIpc) is 2.66. The van der Waals surface area contributed by atoms with Crippen LogP contribution in [-0.2, 0) is 15.3 Å². The molecule has 2 aromatic carbocycles. The molecule has 25 heavy (non-hydrogen) atoms. The molecule has 0 aromatic heterocycles. The molecule has 2 heteroatoms. The molecule has 2 nitrogen and oxygen atoms in total. The highest BCUT2D eigenvalue weighted by Gasteiger charge is 2.71. The molecule has 3 atom stereocenters. The van der Waals surface area contributed by atoms with Crippen molar-refractivity contribution >= 4 is 0 Å². The maximum atomic E-state index is 7.03. The van der Waals surface area contributed by atoms with E-state index in [1.165, 1.54) is 5.57 Å². The third-order valence-corrected chi connectivity index (χ3v) is 6.90. The van der Waals surface area contributed by atoms with Gasteiger partial charge in [0.15, 0.2) is 0 Å². The SMILES string of the molecule is CC1=CC[C@H]2C[C@@]13OC(c1ccccc1)(c1ccccc1)OC[C@]23C. The Balaban J connectivity index is 1.69. The van der Waals surface area contributed by atoms with Gasteiger partial charge in [-0.2, -0.15) is 0 Å². The molecule has 128 valence electrons. The lowest BCUT2D eigenvalue weighted by molar-refractivity contribution is -0.399. The van der Waals surface area contributed by atoms with Gasteiger partial charge in [0.25, 0.3) is 0 Å². The fraction of sp³-hybridized carbons (Fsp3) is 0.391. The van der Waals surface area contributed by atoms with Crippen molar-refractivity contribution in [2.75, 3.05) is 6.61 Å². The predicted molar refractivity (Wildman–Crippen MR) is 98.0 cm³/mol. The molecule has 0 radical (unpaired) electrons. The van der Waals surface area contributed by atoms with E-state index in [1.54, 1.807) is 0 Å². The molecule has 0 N–H and O–H groups in total. The lowest BCUT2D eigenvalue weighted by Gasteiger charge is -2.70. The Bertz CT molecular complexity index is 786. The van der Waals surface area contributed by atoms with Crippen LogP contribution in [0.3, 0.4) is 0 Å². The van der Waals surface area contributed by atoms with Gasteiger partial charge >= 0.3 is 0 Å². The third-order valence-electron chi connectivity index (χ3n) is 6.90. The van der Waals surface area contributed by atoms with Gasteiger partial charge in [-0.25, -0.2) is 0 Å². The largest absolute Gasteiger partial charge is 0.341 e. The van der Waals surface area contributed by atoms with Crippen LogP contribution in [0.5, 0.6) is 0 Å². The first-order valence-corrected chi connectivity index (χ1v) is 9.23. The number of ether oxygens (including phenoxy) is 2. The van der Waals surface area contributed by atoms with E-state index in [0.717, 1.165) is 30.6 Å². The predicted octanol–water partition coefficient (Wildman–Crippen LogP) is 5.05. The monoisotopic (exact) mass is 332 g/mol. The highest BCUT2D eigenvalue weighted by molar-refractivity contribution is 5.40. The minimum atomic E-state index is -0.834. The van der Waals surface area contributed by atoms with Crippen molar-refractivity contribution in [1.29, 1.82) is 0 Å². The smallest absolute Gasteiger partial charge is 0.223 e. The van der Waals surface area contributed by atoms with Gasteiger partial charge in [0.1, 0.15) is 5.60 Å². The second kappa shape index (κ2) is 5.06. The summed E-state index contributed by atoms with van der Waals surface area (Å²) in [5.41, 5.74) is 3.38. The zero-order chi connectivity index (χ0) is 17.1. The van der Waals surface area contributed by atoms with Crippen molar-refractivity contribution in [2.24, 2.45) is 11.3 Å². The van der Waals surface area contributed by atoms with Crippen LogP contribution in [0.15, 0.2) is 72.3 Å². The van der Waals surface area contributed by atoms with Crippen LogP contribution in [0, 0.1) is 11.3 Å². The first-order valence-electron chi connectivity index (χ1n) is 9.23. The second-order valence-electron chi connectivity index (χ2n) is 8.01. The average molecular weight is 332 g/mol. The Labute approximate surface area is 149 Å². The van der Waals surface area contributed by atoms with Crippen LogP contribution in [-0.4, -0.2) is 12.2 Å². The minimum absolute atomic E-state index is 0.0822. The lowest BCUT2D eigenvalue weighted by atomic mass is 9.44. The van der Waals surface area contributed by atoms with E-state index in [2.05, 4.69) is 68.5 Å². The minimum Gasteiger partial charge on any atom is -0.341 e. The summed E-state index contributed by atoms with van der Waals surface area (Å²) in [7, 11) is 0. The van der Waals surface area contributed by atoms with E-state index in [-0.39, 0.29) is 11.0 Å². The van der Waals surface area contributed by atoms with E-state index in [4.69, 9.17) is 9.47 Å². The zero-order valence-electron chi connectivity index (χ0n) is 14.9. The highest BCUT2D eigenvalue weighted by Crippen LogP contribution is 2.68. The Morgan fingerprint density at radius 3 is 2.08 bits per heavy atom. The third kappa shape index (κ3) is 1.82. The Kier molecular flexibility index (Phi) is 3.11. The molecular formula is C23H24O2. The summed E-state index contributed by atoms with van der Waals surface area (Å²) in [6.45, 7) is 5.31. The van der Waals surface area contributed by atoms with Crippen LogP contribution in [0.2, 0.25) is 0 Å². The van der Waals surface area contributed by atoms with Crippen molar-refractivity contribution in [3.63, 3.8) is 0 Å². The summed E-state index contributed by atoms with van der Waals surface area (Å²) >= 11 is 0. The fourth-order valence-corrected chi connectivity index (χ4v) is 5.21. The van der Waals surface area contributed by atoms with Gasteiger partial charge in [0, 0.05) is 16.5 Å². The Hall–Kier alpha value is -1.90. The zero-order valence-corrected chi connectivity index (χ0v) is 14.9. The van der Waals surface area contributed by atoms with E-state index in [1.807, 2.05) is 12.1 Å². The Morgan fingerprint density at radius 2 is 1.52 bits per heavy atom. The van der Waals surface area contributed by atoms with Gasteiger partial charge in [0.2, 0.25) is 5.79 Å². The Morgan fingerprint density at radius 1 is 0.920 bits per heavy atom. The number of allylic oxidation sites excluding steroid dienone is 1. The number of fused-ring (bicyclic) bond motifs is 1. The van der Waals surface area contributed by atoms with Crippen molar-refractivity contribution in [3.05, 3.63) is 83.4 Å². The van der Waals surface area contributed by atoms with Gasteiger partial charge in [-0.15, -0.1) is 0 Å². The summed E-state index contributed by atoms with van der Waals surface area (Å²) in [6, 6.07) is 20.8. The molecule has 1 saturated heterocycles. The van der Waals surface area contributed by atoms with Crippen molar-refractivity contribution in [2.45, 2.75) is 38.1 Å². The molecule has 2 bridgehead atoms. The van der Waals surface area contributed by atoms with Gasteiger partial charge in [-0.05, 0) is 31.3 Å². The maximum absolute atomic E-state index is 7.03. The first kappa shape index (κ1) is 15.4. The molecule has 3 aliphatic carbocycles. The van der Waals surface area contributed by atoms with Crippen LogP contribution >= 0.6 is 0 Å². The van der Waals surface area contributed by atoms with Gasteiger partial charge in [-0.3, -0.25) is 0 Å². The van der Waals surface area contributed by atoms with Gasteiger partial charge < -0.3 is 9.47 Å². The number of rotatable bonds is 2. The topological polar surface area (TPSA) is 18.5 Å². The van der Waals surface area contributed by atoms with Crippen LogP contribution < -0.4 is 0 Å². The van der Waals surface area contributed by atoms with E-state index in [9.17, 15) is 0 Å². The molecule has 0 amide bonds. The summed E-state index contributed by atoms with van der Waals surface area (Å²) in [5, 5.41) is 0. The van der Waals surface area contributed by atoms with Crippen LogP contribution in [0.25, 0.3) is 0 Å². The second-order valence-corrected chi connectivity index (χ2v) is 8.01. The fourth-order valence-electron chi connectivity index (χ4n) is 5.21. The van der Waals surface area contributed by atoms with Crippen molar-refractivity contribution in [1.82, 2.24) is 0 Å². The summed E-state index contributed by atoms with van der Waals surface area (Å²) < 4.78 is 13.6. The van der Waals surface area contributed by atoms with Crippen LogP contribution in [0.1, 0.15) is 37.8 Å². The summed E-state index contributed by atoms with van der Waals surface area (Å²) in [4.78, 5) is 0. The number of benzene rings is 2. The van der Waals surface area contributed by atoms with E-state index < -0.39 is 5.79 Å². The normalized spacial score (nSPS) is 35.3. The summed E-state index contributed by atoms with van der Waals surface area (Å²) in [5.74, 6) is -0.167. The molecule has 2 fully saturated rings. The molecule has 4 aliphatic rings. The van der Waals surface area contributed by atoms with Crippen LogP contribution in [0.4, 0.5) is 0 Å². The maximum Gasteiger partial charge on any atom is 0.223 e. The van der Waals surface area contributed by atoms with Crippen molar-refractivity contribution < 1.29 is 9.47 Å². The standard InChI is InChI=1S/C23H24O2/c1-17-13-14-20-15-22(17)21(20,2)16-24-23(25-22,18-9-5-3-6-10-18)19-11-7-4-8-12-19/h3-13,20H,14-16H2,1-2H3/t20-,21+,22+/m0/s1. The molecule has 1 saturated carbocycles.